The first-order chi connectivity index (χ1) is 12.2. The lowest BCUT2D eigenvalue weighted by Gasteiger charge is -2.04. The van der Waals surface area contributed by atoms with Gasteiger partial charge in [0, 0.05) is 29.6 Å². The van der Waals surface area contributed by atoms with Gasteiger partial charge in [0.05, 0.1) is 10.4 Å². The molecular formula is C17H14FN3OS3. The zero-order valence-corrected chi connectivity index (χ0v) is 15.5. The Kier molecular flexibility index (Phi) is 4.74. The van der Waals surface area contributed by atoms with Crippen molar-refractivity contribution in [1.29, 1.82) is 0 Å². The number of thiophene rings is 1. The summed E-state index contributed by atoms with van der Waals surface area (Å²) in [5.41, 5.74) is 1.67. The van der Waals surface area contributed by atoms with E-state index < -0.39 is 0 Å². The lowest BCUT2D eigenvalue weighted by Crippen LogP contribution is -2.24. The Morgan fingerprint density at radius 3 is 3.12 bits per heavy atom. The summed E-state index contributed by atoms with van der Waals surface area (Å²) in [4.78, 5) is 19.3. The second kappa shape index (κ2) is 7.15. The smallest absolute Gasteiger partial charge is 0.261 e. The van der Waals surface area contributed by atoms with Crippen LogP contribution >= 0.6 is 34.4 Å². The Hall–Kier alpha value is -1.90. The fourth-order valence-electron chi connectivity index (χ4n) is 2.48. The van der Waals surface area contributed by atoms with E-state index in [1.54, 1.807) is 35.2 Å². The summed E-state index contributed by atoms with van der Waals surface area (Å²) in [5.74, 6) is 1.07. The molecule has 3 heterocycles. The number of nitrogens with one attached hydrogen (secondary N) is 1. The van der Waals surface area contributed by atoms with Gasteiger partial charge in [-0.25, -0.2) is 9.37 Å². The van der Waals surface area contributed by atoms with E-state index in [1.165, 1.54) is 17.4 Å². The molecule has 0 aliphatic rings. The Morgan fingerprint density at radius 2 is 2.24 bits per heavy atom. The van der Waals surface area contributed by atoms with Gasteiger partial charge in [-0.2, -0.15) is 11.8 Å². The molecule has 0 spiro atoms. The minimum absolute atomic E-state index is 0.0847. The fourth-order valence-corrected chi connectivity index (χ4v) is 5.04. The van der Waals surface area contributed by atoms with E-state index in [0.29, 0.717) is 22.7 Å². The van der Waals surface area contributed by atoms with Crippen LogP contribution in [-0.4, -0.2) is 27.6 Å². The van der Waals surface area contributed by atoms with E-state index in [0.717, 1.165) is 21.1 Å². The molecule has 4 rings (SSSR count). The average Bonchev–Trinajstić information content (AvgIpc) is 3.28. The lowest BCUT2D eigenvalue weighted by atomic mass is 10.2. The maximum absolute atomic E-state index is 13.5. The predicted octanol–water partition coefficient (Wildman–Crippen LogP) is 4.41. The van der Waals surface area contributed by atoms with Crippen LogP contribution in [0.3, 0.4) is 0 Å². The number of carbonyl (C=O) groups is 1. The third kappa shape index (κ3) is 3.42. The number of thioether (sulfide) groups is 1. The maximum Gasteiger partial charge on any atom is 0.261 e. The third-order valence-corrected chi connectivity index (χ3v) is 6.49. The summed E-state index contributed by atoms with van der Waals surface area (Å²) >= 11 is 4.58. The second-order valence-electron chi connectivity index (χ2n) is 5.37. The zero-order chi connectivity index (χ0) is 17.2. The van der Waals surface area contributed by atoms with Gasteiger partial charge < -0.3 is 5.32 Å². The van der Waals surface area contributed by atoms with Gasteiger partial charge in [-0.15, -0.1) is 22.7 Å². The minimum Gasteiger partial charge on any atom is -0.351 e. The highest BCUT2D eigenvalue weighted by atomic mass is 32.2. The van der Waals surface area contributed by atoms with E-state index in [2.05, 4.69) is 10.3 Å². The summed E-state index contributed by atoms with van der Waals surface area (Å²) in [6.45, 7) is 0.550. The quantitative estimate of drug-likeness (QED) is 0.495. The van der Waals surface area contributed by atoms with Crippen LogP contribution in [0.25, 0.3) is 15.3 Å². The molecule has 1 N–H and O–H groups in total. The molecular weight excluding hydrogens is 377 g/mol. The number of hydrogen-bond donors (Lipinski definition) is 1. The van der Waals surface area contributed by atoms with Crippen molar-refractivity contribution in [3.63, 3.8) is 0 Å². The van der Waals surface area contributed by atoms with E-state index in [4.69, 9.17) is 0 Å². The molecule has 0 atom stereocenters. The second-order valence-corrected chi connectivity index (χ2v) is 8.38. The van der Waals surface area contributed by atoms with Crippen molar-refractivity contribution >= 4 is 55.7 Å². The SMILES string of the molecule is O=C(NCCSCc1ccccc1F)c1cc2c(nc3sccn32)s1. The molecule has 0 aliphatic heterocycles. The summed E-state index contributed by atoms with van der Waals surface area (Å²) in [6.07, 6.45) is 1.96. The monoisotopic (exact) mass is 391 g/mol. The number of imidazole rings is 1. The molecule has 128 valence electrons. The molecule has 0 saturated heterocycles. The summed E-state index contributed by atoms with van der Waals surface area (Å²) < 4.78 is 15.5. The van der Waals surface area contributed by atoms with Gasteiger partial charge in [0.25, 0.3) is 5.91 Å². The highest BCUT2D eigenvalue weighted by molar-refractivity contribution is 7.98. The number of fused-ring (bicyclic) bond motifs is 3. The van der Waals surface area contributed by atoms with Crippen molar-refractivity contribution in [2.45, 2.75) is 5.75 Å². The Labute approximate surface area is 155 Å². The summed E-state index contributed by atoms with van der Waals surface area (Å²) in [6, 6.07) is 8.66. The molecule has 4 aromatic rings. The summed E-state index contributed by atoms with van der Waals surface area (Å²) in [5, 5.41) is 4.89. The number of carbonyl (C=O) groups excluding carboxylic acids is 1. The molecule has 0 radical (unpaired) electrons. The van der Waals surface area contributed by atoms with Crippen molar-refractivity contribution in [3.8, 4) is 0 Å². The lowest BCUT2D eigenvalue weighted by molar-refractivity contribution is 0.0960. The number of rotatable bonds is 6. The topological polar surface area (TPSA) is 46.4 Å². The van der Waals surface area contributed by atoms with Gasteiger partial charge in [-0.1, -0.05) is 18.2 Å². The maximum atomic E-state index is 13.5. The first-order valence-electron chi connectivity index (χ1n) is 7.67. The van der Waals surface area contributed by atoms with Gasteiger partial charge >= 0.3 is 0 Å². The minimum atomic E-state index is -0.179. The van der Waals surface area contributed by atoms with Crippen LogP contribution in [-0.2, 0) is 5.75 Å². The van der Waals surface area contributed by atoms with Crippen LogP contribution in [0.4, 0.5) is 4.39 Å². The number of benzene rings is 1. The van der Waals surface area contributed by atoms with Gasteiger partial charge in [-0.3, -0.25) is 9.20 Å². The standard InChI is InChI=1S/C17H14FN3OS3/c18-12-4-2-1-3-11(12)10-23-7-5-19-15(22)14-9-13-16(25-14)20-17-21(13)6-8-24-17/h1-4,6,8-9H,5,7,10H2,(H,19,22). The number of nitrogens with zero attached hydrogens (tertiary/aromatic N) is 2. The number of hydrogen-bond acceptors (Lipinski definition) is 5. The molecule has 25 heavy (non-hydrogen) atoms. The van der Waals surface area contributed by atoms with E-state index in [9.17, 15) is 9.18 Å². The molecule has 0 unspecified atom stereocenters. The van der Waals surface area contributed by atoms with Crippen molar-refractivity contribution < 1.29 is 9.18 Å². The Morgan fingerprint density at radius 1 is 1.36 bits per heavy atom. The van der Waals surface area contributed by atoms with Crippen LogP contribution in [0.5, 0.6) is 0 Å². The highest BCUT2D eigenvalue weighted by Crippen LogP contribution is 2.28. The van der Waals surface area contributed by atoms with Gasteiger partial charge in [0.15, 0.2) is 4.96 Å². The fraction of sp³-hybridized carbons (Fsp3) is 0.176. The van der Waals surface area contributed by atoms with E-state index in [-0.39, 0.29) is 11.7 Å². The zero-order valence-electron chi connectivity index (χ0n) is 13.1. The molecule has 1 aromatic carbocycles. The van der Waals surface area contributed by atoms with Crippen LogP contribution in [0.2, 0.25) is 0 Å². The predicted molar refractivity (Wildman–Crippen MR) is 103 cm³/mol. The Bertz CT molecular complexity index is 1040. The van der Waals surface area contributed by atoms with E-state index in [1.807, 2.05) is 28.1 Å². The summed E-state index contributed by atoms with van der Waals surface area (Å²) in [7, 11) is 0. The number of aromatic nitrogens is 2. The molecule has 0 fully saturated rings. The molecule has 4 nitrogen and oxygen atoms in total. The number of halogens is 1. The van der Waals surface area contributed by atoms with Crippen LogP contribution < -0.4 is 5.32 Å². The van der Waals surface area contributed by atoms with Gasteiger partial charge in [0.2, 0.25) is 0 Å². The molecule has 8 heteroatoms. The Balaban J connectivity index is 1.30. The number of amides is 1. The normalized spacial score (nSPS) is 11.4. The average molecular weight is 392 g/mol. The largest absolute Gasteiger partial charge is 0.351 e. The first-order valence-corrected chi connectivity index (χ1v) is 10.5. The molecule has 0 aliphatic carbocycles. The van der Waals surface area contributed by atoms with Crippen LogP contribution in [0, 0.1) is 5.82 Å². The van der Waals surface area contributed by atoms with Crippen molar-refractivity contribution in [2.75, 3.05) is 12.3 Å². The molecule has 1 amide bonds. The molecule has 0 bridgehead atoms. The van der Waals surface area contributed by atoms with Crippen LogP contribution in [0.15, 0.2) is 41.9 Å². The van der Waals surface area contributed by atoms with Crippen molar-refractivity contribution in [1.82, 2.24) is 14.7 Å². The van der Waals surface area contributed by atoms with E-state index >= 15 is 0 Å². The van der Waals surface area contributed by atoms with Crippen molar-refractivity contribution in [3.05, 3.63) is 58.2 Å². The third-order valence-electron chi connectivity index (χ3n) is 3.71. The molecule has 0 saturated carbocycles. The number of thiazole rings is 1. The van der Waals surface area contributed by atoms with Crippen molar-refractivity contribution in [2.24, 2.45) is 0 Å². The van der Waals surface area contributed by atoms with Gasteiger partial charge in [-0.05, 0) is 17.7 Å². The van der Waals surface area contributed by atoms with Gasteiger partial charge in [0.1, 0.15) is 10.6 Å². The highest BCUT2D eigenvalue weighted by Gasteiger charge is 2.14. The molecule has 3 aromatic heterocycles. The van der Waals surface area contributed by atoms with Crippen LogP contribution in [0.1, 0.15) is 15.2 Å². The first kappa shape index (κ1) is 16.6.